The monoisotopic (exact) mass is 601 g/mol. The lowest BCUT2D eigenvalue weighted by atomic mass is 9.98. The maximum Gasteiger partial charge on any atom is 0.164 e. The first-order chi connectivity index (χ1) is 23.3. The van der Waals surface area contributed by atoms with Crippen LogP contribution in [-0.2, 0) is 0 Å². The first kappa shape index (κ1) is 27.0. The Labute approximate surface area is 271 Å². The van der Waals surface area contributed by atoms with Crippen molar-refractivity contribution in [3.63, 3.8) is 0 Å². The normalized spacial score (nSPS) is 11.4. The number of furan rings is 1. The van der Waals surface area contributed by atoms with E-state index in [4.69, 9.17) is 19.4 Å². The molecule has 0 bridgehead atoms. The van der Waals surface area contributed by atoms with Crippen molar-refractivity contribution >= 4 is 32.7 Å². The van der Waals surface area contributed by atoms with Gasteiger partial charge in [0, 0.05) is 27.5 Å². The number of rotatable bonds is 5. The summed E-state index contributed by atoms with van der Waals surface area (Å²) in [6.07, 6.45) is 0. The summed E-state index contributed by atoms with van der Waals surface area (Å²) in [7, 11) is 0. The van der Waals surface area contributed by atoms with Crippen LogP contribution in [0.15, 0.2) is 168 Å². The van der Waals surface area contributed by atoms with Gasteiger partial charge in [0.1, 0.15) is 11.2 Å². The molecule has 0 aliphatic heterocycles. The van der Waals surface area contributed by atoms with E-state index in [2.05, 4.69) is 115 Å². The highest BCUT2D eigenvalue weighted by Crippen LogP contribution is 2.39. The van der Waals surface area contributed by atoms with Gasteiger partial charge >= 0.3 is 0 Å². The third-order valence-corrected chi connectivity index (χ3v) is 8.74. The van der Waals surface area contributed by atoms with Crippen molar-refractivity contribution in [2.45, 2.75) is 0 Å². The first-order valence-electron chi connectivity index (χ1n) is 15.7. The van der Waals surface area contributed by atoms with E-state index in [0.717, 1.165) is 55.3 Å². The highest BCUT2D eigenvalue weighted by molar-refractivity contribution is 6.13. The Kier molecular flexibility index (Phi) is 6.43. The van der Waals surface area contributed by atoms with Gasteiger partial charge in [-0.3, -0.25) is 0 Å². The summed E-state index contributed by atoms with van der Waals surface area (Å²) >= 11 is 0. The Bertz CT molecular complexity index is 2550. The molecule has 9 aromatic rings. The highest BCUT2D eigenvalue weighted by atomic mass is 16.3. The molecule has 220 valence electrons. The number of benzene rings is 7. The average molecular weight is 602 g/mol. The predicted molar refractivity (Wildman–Crippen MR) is 192 cm³/mol. The number of nitrogens with zero attached hydrogens (tertiary/aromatic N) is 3. The number of hydrogen-bond donors (Lipinski definition) is 0. The quantitative estimate of drug-likeness (QED) is 0.197. The fourth-order valence-corrected chi connectivity index (χ4v) is 6.35. The Hall–Kier alpha value is -6.39. The van der Waals surface area contributed by atoms with E-state index in [1.165, 1.54) is 16.3 Å². The summed E-state index contributed by atoms with van der Waals surface area (Å²) in [6.45, 7) is 0. The molecule has 47 heavy (non-hydrogen) atoms. The molecule has 0 spiro atoms. The minimum absolute atomic E-state index is 0.602. The summed E-state index contributed by atoms with van der Waals surface area (Å²) in [5, 5.41) is 4.45. The molecule has 0 unspecified atom stereocenters. The van der Waals surface area contributed by atoms with Crippen molar-refractivity contribution in [2.75, 3.05) is 0 Å². The van der Waals surface area contributed by atoms with Gasteiger partial charge in [-0.1, -0.05) is 140 Å². The minimum Gasteiger partial charge on any atom is -0.456 e. The van der Waals surface area contributed by atoms with E-state index in [0.29, 0.717) is 17.5 Å². The standard InChI is InChI=1S/C43H27N3O/c1-3-10-28(11-4-1)30-18-21-32(22-19-30)42-44-41(31-13-5-2-6-14-31)45-43(46-42)36-16-9-17-39-40(36)37-27-35(24-25-38(37)47-39)34-23-20-29-12-7-8-15-33(29)26-34/h1-27H. The summed E-state index contributed by atoms with van der Waals surface area (Å²) in [4.78, 5) is 15.1. The van der Waals surface area contributed by atoms with Crippen molar-refractivity contribution in [1.29, 1.82) is 0 Å². The Morgan fingerprint density at radius 2 is 0.894 bits per heavy atom. The van der Waals surface area contributed by atoms with Crippen molar-refractivity contribution in [2.24, 2.45) is 0 Å². The Morgan fingerprint density at radius 3 is 1.66 bits per heavy atom. The number of aromatic nitrogens is 3. The van der Waals surface area contributed by atoms with E-state index >= 15 is 0 Å². The second-order valence-corrected chi connectivity index (χ2v) is 11.7. The van der Waals surface area contributed by atoms with Crippen LogP contribution in [0.5, 0.6) is 0 Å². The van der Waals surface area contributed by atoms with Gasteiger partial charge in [0.15, 0.2) is 17.5 Å². The van der Waals surface area contributed by atoms with Crippen LogP contribution in [0.4, 0.5) is 0 Å². The van der Waals surface area contributed by atoms with E-state index in [-0.39, 0.29) is 0 Å². The van der Waals surface area contributed by atoms with Gasteiger partial charge in [-0.15, -0.1) is 0 Å². The van der Waals surface area contributed by atoms with Gasteiger partial charge < -0.3 is 4.42 Å². The molecule has 0 saturated carbocycles. The molecule has 0 aliphatic carbocycles. The summed E-state index contributed by atoms with van der Waals surface area (Å²) in [5.41, 5.74) is 8.97. The largest absolute Gasteiger partial charge is 0.456 e. The van der Waals surface area contributed by atoms with Crippen LogP contribution in [-0.4, -0.2) is 15.0 Å². The zero-order chi connectivity index (χ0) is 31.2. The van der Waals surface area contributed by atoms with Crippen molar-refractivity contribution in [3.05, 3.63) is 164 Å². The lowest BCUT2D eigenvalue weighted by molar-refractivity contribution is 0.669. The molecule has 2 heterocycles. The van der Waals surface area contributed by atoms with Gasteiger partial charge in [-0.05, 0) is 57.3 Å². The second kappa shape index (κ2) is 11.2. The topological polar surface area (TPSA) is 51.8 Å². The molecule has 0 amide bonds. The smallest absolute Gasteiger partial charge is 0.164 e. The maximum atomic E-state index is 6.39. The lowest BCUT2D eigenvalue weighted by Crippen LogP contribution is -2.00. The molecule has 0 atom stereocenters. The van der Waals surface area contributed by atoms with E-state index in [1.807, 2.05) is 48.5 Å². The van der Waals surface area contributed by atoms with Gasteiger partial charge in [-0.25, -0.2) is 15.0 Å². The minimum atomic E-state index is 0.602. The van der Waals surface area contributed by atoms with Crippen LogP contribution in [0.2, 0.25) is 0 Å². The lowest BCUT2D eigenvalue weighted by Gasteiger charge is -2.10. The molecule has 0 fully saturated rings. The van der Waals surface area contributed by atoms with Crippen molar-refractivity contribution in [1.82, 2.24) is 15.0 Å². The molecular formula is C43H27N3O. The second-order valence-electron chi connectivity index (χ2n) is 11.7. The van der Waals surface area contributed by atoms with Gasteiger partial charge in [-0.2, -0.15) is 0 Å². The fraction of sp³-hybridized carbons (Fsp3) is 0. The van der Waals surface area contributed by atoms with Crippen molar-refractivity contribution < 1.29 is 4.42 Å². The van der Waals surface area contributed by atoms with Crippen LogP contribution in [0.25, 0.3) is 89.1 Å². The highest BCUT2D eigenvalue weighted by Gasteiger charge is 2.18. The number of hydrogen-bond acceptors (Lipinski definition) is 4. The maximum absolute atomic E-state index is 6.39. The van der Waals surface area contributed by atoms with Crippen LogP contribution >= 0.6 is 0 Å². The summed E-state index contributed by atoms with van der Waals surface area (Å²) in [5.74, 6) is 1.85. The van der Waals surface area contributed by atoms with Crippen LogP contribution in [0.1, 0.15) is 0 Å². The molecule has 9 rings (SSSR count). The molecule has 2 aromatic heterocycles. The van der Waals surface area contributed by atoms with Gasteiger partial charge in [0.2, 0.25) is 0 Å². The molecular weight excluding hydrogens is 574 g/mol. The van der Waals surface area contributed by atoms with Crippen LogP contribution < -0.4 is 0 Å². The molecule has 0 radical (unpaired) electrons. The molecule has 4 nitrogen and oxygen atoms in total. The zero-order valence-corrected chi connectivity index (χ0v) is 25.3. The molecule has 7 aromatic carbocycles. The van der Waals surface area contributed by atoms with E-state index in [9.17, 15) is 0 Å². The van der Waals surface area contributed by atoms with Crippen LogP contribution in [0.3, 0.4) is 0 Å². The molecule has 0 N–H and O–H groups in total. The molecule has 0 aliphatic rings. The van der Waals surface area contributed by atoms with Crippen molar-refractivity contribution in [3.8, 4) is 56.4 Å². The summed E-state index contributed by atoms with van der Waals surface area (Å²) in [6, 6.07) is 56.4. The number of fused-ring (bicyclic) bond motifs is 4. The molecule has 0 saturated heterocycles. The Balaban J connectivity index is 1.21. The third kappa shape index (κ3) is 4.93. The first-order valence-corrected chi connectivity index (χ1v) is 15.7. The average Bonchev–Trinajstić information content (AvgIpc) is 3.53. The van der Waals surface area contributed by atoms with E-state index < -0.39 is 0 Å². The van der Waals surface area contributed by atoms with Crippen LogP contribution in [0, 0.1) is 0 Å². The summed E-state index contributed by atoms with van der Waals surface area (Å²) < 4.78 is 6.39. The predicted octanol–water partition coefficient (Wildman–Crippen LogP) is 11.3. The van der Waals surface area contributed by atoms with Gasteiger partial charge in [0.05, 0.1) is 0 Å². The third-order valence-electron chi connectivity index (χ3n) is 8.74. The Morgan fingerprint density at radius 1 is 0.340 bits per heavy atom. The SMILES string of the molecule is c1ccc(-c2ccc(-c3nc(-c4ccccc4)nc(-c4cccc5oc6ccc(-c7ccc8ccccc8c7)cc6c45)n3)cc2)cc1. The molecule has 4 heteroatoms. The zero-order valence-electron chi connectivity index (χ0n) is 25.3. The van der Waals surface area contributed by atoms with Gasteiger partial charge in [0.25, 0.3) is 0 Å². The van der Waals surface area contributed by atoms with E-state index in [1.54, 1.807) is 0 Å². The fourth-order valence-electron chi connectivity index (χ4n) is 6.35.